The number of amides is 2. The van der Waals surface area contributed by atoms with E-state index in [2.05, 4.69) is 5.32 Å². The highest BCUT2D eigenvalue weighted by Gasteiger charge is 2.57. The predicted octanol–water partition coefficient (Wildman–Crippen LogP) is 1.69. The molecule has 8 heteroatoms. The summed E-state index contributed by atoms with van der Waals surface area (Å²) in [5, 5.41) is 12.1. The van der Waals surface area contributed by atoms with Gasteiger partial charge in [-0.2, -0.15) is 0 Å². The molecule has 2 aliphatic rings. The third-order valence-electron chi connectivity index (χ3n) is 4.63. The minimum absolute atomic E-state index is 0.116. The zero-order valence-electron chi connectivity index (χ0n) is 16.0. The fraction of sp³-hybridized carbons (Fsp3) is 0.667. The zero-order chi connectivity index (χ0) is 20.0. The molecular weight excluding hydrogens is 340 g/mol. The van der Waals surface area contributed by atoms with Crippen LogP contribution in [0.3, 0.4) is 0 Å². The summed E-state index contributed by atoms with van der Waals surface area (Å²) in [7, 11) is 0. The first kappa shape index (κ1) is 19.9. The number of hydrogen-bond acceptors (Lipinski definition) is 5. The van der Waals surface area contributed by atoms with E-state index in [1.54, 1.807) is 20.8 Å². The van der Waals surface area contributed by atoms with Crippen molar-refractivity contribution in [3.05, 3.63) is 11.3 Å². The molecule has 1 saturated heterocycles. The number of fused-ring (bicyclic) bond motifs is 1. The molecule has 144 valence electrons. The molecule has 0 saturated carbocycles. The van der Waals surface area contributed by atoms with Gasteiger partial charge in [0.1, 0.15) is 23.6 Å². The SMILES string of the molecule is CC(C)(C)OC(=O)N[C@@H]1C(=O)N2C(C(=O)O)=C(C=O)C(C(C)(C)C)C[C@H]12. The van der Waals surface area contributed by atoms with Crippen molar-refractivity contribution in [2.24, 2.45) is 11.3 Å². The van der Waals surface area contributed by atoms with E-state index in [4.69, 9.17) is 4.74 Å². The van der Waals surface area contributed by atoms with Crippen LogP contribution in [-0.4, -0.2) is 51.9 Å². The summed E-state index contributed by atoms with van der Waals surface area (Å²) in [6.45, 7) is 10.9. The van der Waals surface area contributed by atoms with Gasteiger partial charge in [-0.3, -0.25) is 14.5 Å². The van der Waals surface area contributed by atoms with Crippen LogP contribution in [0, 0.1) is 11.3 Å². The lowest BCUT2D eigenvalue weighted by Crippen LogP contribution is -2.73. The maximum absolute atomic E-state index is 12.5. The van der Waals surface area contributed by atoms with Gasteiger partial charge in [0.25, 0.3) is 5.91 Å². The van der Waals surface area contributed by atoms with Crippen LogP contribution in [0.25, 0.3) is 0 Å². The first-order valence-corrected chi connectivity index (χ1v) is 8.53. The number of ether oxygens (including phenoxy) is 1. The Hall–Kier alpha value is -2.38. The molecule has 2 aliphatic heterocycles. The van der Waals surface area contributed by atoms with Gasteiger partial charge in [-0.15, -0.1) is 0 Å². The van der Waals surface area contributed by atoms with Gasteiger partial charge in [0.15, 0.2) is 0 Å². The molecule has 0 aromatic carbocycles. The van der Waals surface area contributed by atoms with E-state index in [1.807, 2.05) is 20.8 Å². The number of aliphatic carboxylic acids is 1. The normalized spacial score (nSPS) is 26.0. The van der Waals surface area contributed by atoms with E-state index in [1.165, 1.54) is 0 Å². The van der Waals surface area contributed by atoms with E-state index in [9.17, 15) is 24.3 Å². The van der Waals surface area contributed by atoms with Gasteiger partial charge < -0.3 is 15.2 Å². The van der Waals surface area contributed by atoms with E-state index >= 15 is 0 Å². The monoisotopic (exact) mass is 366 g/mol. The number of carbonyl (C=O) groups is 4. The van der Waals surface area contributed by atoms with Crippen molar-refractivity contribution >= 4 is 24.3 Å². The van der Waals surface area contributed by atoms with Gasteiger partial charge in [0.2, 0.25) is 0 Å². The Morgan fingerprint density at radius 1 is 1.23 bits per heavy atom. The highest BCUT2D eigenvalue weighted by atomic mass is 16.6. The van der Waals surface area contributed by atoms with Crippen LogP contribution in [0.2, 0.25) is 0 Å². The molecule has 0 radical (unpaired) electrons. The third kappa shape index (κ3) is 3.59. The highest BCUT2D eigenvalue weighted by Crippen LogP contribution is 2.45. The predicted molar refractivity (Wildman–Crippen MR) is 92.1 cm³/mol. The molecule has 2 heterocycles. The number of hydrogen-bond donors (Lipinski definition) is 2. The molecule has 3 atom stereocenters. The second-order valence-electron chi connectivity index (χ2n) is 8.78. The summed E-state index contributed by atoms with van der Waals surface area (Å²) in [6.07, 6.45) is 0.183. The van der Waals surface area contributed by atoms with E-state index < -0.39 is 35.7 Å². The zero-order valence-corrected chi connectivity index (χ0v) is 16.0. The second kappa shape index (κ2) is 6.41. The number of alkyl carbamates (subject to hydrolysis) is 1. The summed E-state index contributed by atoms with van der Waals surface area (Å²) in [6, 6.07) is -1.38. The van der Waals surface area contributed by atoms with Gasteiger partial charge in [0, 0.05) is 5.57 Å². The average molecular weight is 366 g/mol. The fourth-order valence-corrected chi connectivity index (χ4v) is 3.51. The number of allylic oxidation sites excluding steroid dienone is 1. The fourth-order valence-electron chi connectivity index (χ4n) is 3.51. The number of aldehydes is 1. The molecule has 0 aromatic rings. The standard InChI is InChI=1S/C18H26N2O6/c1-17(2,3)10-7-11-12(19-16(25)26-18(4,5)6)14(22)20(11)13(15(23)24)9(10)8-21/h8,10-12H,7H2,1-6H3,(H,19,25)(H,23,24)/t10?,11-,12+/m1/s1. The minimum atomic E-state index is -1.32. The molecular formula is C18H26N2O6. The molecule has 0 aromatic heterocycles. The Morgan fingerprint density at radius 3 is 2.23 bits per heavy atom. The molecule has 26 heavy (non-hydrogen) atoms. The molecule has 0 spiro atoms. The molecule has 0 bridgehead atoms. The summed E-state index contributed by atoms with van der Waals surface area (Å²) >= 11 is 0. The maximum atomic E-state index is 12.5. The molecule has 1 fully saturated rings. The summed E-state index contributed by atoms with van der Waals surface area (Å²) in [5.41, 5.74) is -1.26. The summed E-state index contributed by atoms with van der Waals surface area (Å²) in [4.78, 5) is 48.9. The topological polar surface area (TPSA) is 113 Å². The molecule has 2 rings (SSSR count). The van der Waals surface area contributed by atoms with Crippen LogP contribution in [-0.2, 0) is 19.1 Å². The van der Waals surface area contributed by atoms with Crippen molar-refractivity contribution in [1.82, 2.24) is 10.2 Å². The van der Waals surface area contributed by atoms with E-state index in [-0.39, 0.29) is 22.6 Å². The Labute approximate surface area is 152 Å². The highest BCUT2D eigenvalue weighted by molar-refractivity contribution is 6.04. The average Bonchev–Trinajstić information content (AvgIpc) is 2.47. The Morgan fingerprint density at radius 2 is 1.81 bits per heavy atom. The molecule has 2 amide bonds. The van der Waals surface area contributed by atoms with Crippen molar-refractivity contribution in [1.29, 1.82) is 0 Å². The van der Waals surface area contributed by atoms with Gasteiger partial charge in [-0.05, 0) is 38.5 Å². The van der Waals surface area contributed by atoms with Crippen molar-refractivity contribution in [2.75, 3.05) is 0 Å². The van der Waals surface area contributed by atoms with E-state index in [0.717, 1.165) is 4.90 Å². The maximum Gasteiger partial charge on any atom is 0.408 e. The number of β-lactam (4-membered cyclic amide) rings is 1. The first-order valence-electron chi connectivity index (χ1n) is 8.53. The van der Waals surface area contributed by atoms with Crippen LogP contribution in [0.1, 0.15) is 48.0 Å². The lowest BCUT2D eigenvalue weighted by molar-refractivity contribution is -0.156. The van der Waals surface area contributed by atoms with Gasteiger partial charge in [-0.1, -0.05) is 20.8 Å². The van der Waals surface area contributed by atoms with E-state index in [0.29, 0.717) is 12.7 Å². The minimum Gasteiger partial charge on any atom is -0.477 e. The quantitative estimate of drug-likeness (QED) is 0.580. The number of nitrogens with one attached hydrogen (secondary N) is 1. The van der Waals surface area contributed by atoms with Crippen molar-refractivity contribution in [3.63, 3.8) is 0 Å². The molecule has 0 aliphatic carbocycles. The molecule has 8 nitrogen and oxygen atoms in total. The largest absolute Gasteiger partial charge is 0.477 e. The number of rotatable bonds is 3. The number of carboxylic acid groups (broad SMARTS) is 1. The van der Waals surface area contributed by atoms with Gasteiger partial charge in [-0.25, -0.2) is 9.59 Å². The molecule has 1 unspecified atom stereocenters. The smallest absolute Gasteiger partial charge is 0.408 e. The van der Waals surface area contributed by atoms with Crippen LogP contribution in [0.5, 0.6) is 0 Å². The van der Waals surface area contributed by atoms with Crippen LogP contribution < -0.4 is 5.32 Å². The lowest BCUT2D eigenvalue weighted by Gasteiger charge is -2.53. The van der Waals surface area contributed by atoms with Crippen LogP contribution >= 0.6 is 0 Å². The van der Waals surface area contributed by atoms with Crippen molar-refractivity contribution in [2.45, 2.75) is 65.6 Å². The summed E-state index contributed by atoms with van der Waals surface area (Å²) in [5.74, 6) is -2.22. The number of carbonyl (C=O) groups excluding carboxylic acids is 3. The number of nitrogens with zero attached hydrogens (tertiary/aromatic N) is 1. The Kier molecular flexibility index (Phi) is 4.91. The first-order chi connectivity index (χ1) is 11.8. The second-order valence-corrected chi connectivity index (χ2v) is 8.78. The molecule has 2 N–H and O–H groups in total. The lowest BCUT2D eigenvalue weighted by atomic mass is 9.67. The van der Waals surface area contributed by atoms with Gasteiger partial charge >= 0.3 is 12.1 Å². The van der Waals surface area contributed by atoms with Gasteiger partial charge in [0.05, 0.1) is 6.04 Å². The number of carboxylic acids is 1. The third-order valence-corrected chi connectivity index (χ3v) is 4.63. The van der Waals surface area contributed by atoms with Crippen molar-refractivity contribution in [3.8, 4) is 0 Å². The van der Waals surface area contributed by atoms with Crippen molar-refractivity contribution < 1.29 is 29.0 Å². The Bertz CT molecular complexity index is 683. The Balaban J connectivity index is 2.33. The summed E-state index contributed by atoms with van der Waals surface area (Å²) < 4.78 is 5.18. The van der Waals surface area contributed by atoms with Crippen LogP contribution in [0.4, 0.5) is 4.79 Å². The van der Waals surface area contributed by atoms with Crippen LogP contribution in [0.15, 0.2) is 11.3 Å².